The monoisotopic (exact) mass is 481 g/mol. The molecule has 0 saturated heterocycles. The summed E-state index contributed by atoms with van der Waals surface area (Å²) in [7, 11) is 0. The van der Waals surface area contributed by atoms with Crippen molar-refractivity contribution in [3.8, 4) is 6.07 Å². The van der Waals surface area contributed by atoms with Crippen LogP contribution < -0.4 is 10.7 Å². The number of nitriles is 1. The molecule has 29 heavy (non-hydrogen) atoms. The molecule has 0 amide bonds. The van der Waals surface area contributed by atoms with Crippen LogP contribution in [0.2, 0.25) is 0 Å². The molecule has 0 radical (unpaired) electrons. The first-order valence-corrected chi connectivity index (χ1v) is 15.2. The van der Waals surface area contributed by atoms with Gasteiger partial charge in [0.2, 0.25) is 0 Å². The molecule has 4 rings (SSSR count). The van der Waals surface area contributed by atoms with Crippen LogP contribution >= 0.6 is 0 Å². The first kappa shape index (κ1) is 19.2. The zero-order valence-corrected chi connectivity index (χ0v) is 18.7. The van der Waals surface area contributed by atoms with Crippen molar-refractivity contribution in [1.82, 2.24) is 0 Å². The SMILES string of the molecule is N#Cc1ccc([C](=O)[Sn]([c]2ccccc2)([c]2ccccc2)[c]2ccccc2)cc1. The van der Waals surface area contributed by atoms with Gasteiger partial charge in [-0.1, -0.05) is 0 Å². The summed E-state index contributed by atoms with van der Waals surface area (Å²) in [6, 6.07) is 39.8. The van der Waals surface area contributed by atoms with Gasteiger partial charge in [0.1, 0.15) is 0 Å². The van der Waals surface area contributed by atoms with E-state index in [9.17, 15) is 4.79 Å². The number of rotatable bonds is 5. The van der Waals surface area contributed by atoms with Gasteiger partial charge in [0.15, 0.2) is 0 Å². The van der Waals surface area contributed by atoms with Gasteiger partial charge in [-0.25, -0.2) is 0 Å². The maximum atomic E-state index is 14.3. The van der Waals surface area contributed by atoms with Crippen LogP contribution in [0.4, 0.5) is 0 Å². The van der Waals surface area contributed by atoms with Crippen LogP contribution in [0.25, 0.3) is 0 Å². The van der Waals surface area contributed by atoms with Crippen molar-refractivity contribution < 1.29 is 4.79 Å². The third kappa shape index (κ3) is 3.50. The summed E-state index contributed by atoms with van der Waals surface area (Å²) < 4.78 is 3.54. The minimum atomic E-state index is -4.06. The quantitative estimate of drug-likeness (QED) is 0.411. The van der Waals surface area contributed by atoms with Gasteiger partial charge >= 0.3 is 175 Å². The van der Waals surface area contributed by atoms with E-state index in [1.54, 1.807) is 24.3 Å². The average molecular weight is 480 g/mol. The third-order valence-corrected chi connectivity index (χ3v) is 18.3. The predicted octanol–water partition coefficient (Wildman–Crippen LogP) is 3.45. The molecule has 3 heteroatoms. The molecule has 0 fully saturated rings. The summed E-state index contributed by atoms with van der Waals surface area (Å²) in [5.74, 6) is 0. The van der Waals surface area contributed by atoms with Crippen LogP contribution in [0.1, 0.15) is 15.9 Å². The molecule has 0 bridgehead atoms. The van der Waals surface area contributed by atoms with E-state index in [-0.39, 0.29) is 3.80 Å². The van der Waals surface area contributed by atoms with Crippen LogP contribution in [0.15, 0.2) is 115 Å². The molecule has 0 atom stereocenters. The van der Waals surface area contributed by atoms with Crippen molar-refractivity contribution in [2.75, 3.05) is 0 Å². The fourth-order valence-electron chi connectivity index (χ4n) is 3.87. The zero-order valence-electron chi connectivity index (χ0n) is 15.8. The zero-order chi connectivity index (χ0) is 20.1. The second-order valence-electron chi connectivity index (χ2n) is 6.87. The van der Waals surface area contributed by atoms with Gasteiger partial charge in [0.25, 0.3) is 0 Å². The van der Waals surface area contributed by atoms with Crippen molar-refractivity contribution in [1.29, 1.82) is 5.26 Å². The van der Waals surface area contributed by atoms with E-state index in [2.05, 4.69) is 42.5 Å². The Balaban J connectivity index is 2.05. The Morgan fingerprint density at radius 3 is 1.31 bits per heavy atom. The summed E-state index contributed by atoms with van der Waals surface area (Å²) in [6.07, 6.45) is 0. The van der Waals surface area contributed by atoms with Crippen LogP contribution in [-0.2, 0) is 0 Å². The summed E-state index contributed by atoms with van der Waals surface area (Å²) >= 11 is -4.06. The van der Waals surface area contributed by atoms with Gasteiger partial charge in [-0.15, -0.1) is 0 Å². The molecule has 0 aliphatic carbocycles. The van der Waals surface area contributed by atoms with Crippen LogP contribution in [0.3, 0.4) is 0 Å². The van der Waals surface area contributed by atoms with Crippen LogP contribution in [0, 0.1) is 11.3 Å². The van der Waals surface area contributed by atoms with Gasteiger partial charge in [-0.2, -0.15) is 0 Å². The number of carbonyl (C=O) groups is 1. The Labute approximate surface area is 175 Å². The van der Waals surface area contributed by atoms with Crippen molar-refractivity contribution in [3.05, 3.63) is 126 Å². The molecule has 0 heterocycles. The van der Waals surface area contributed by atoms with Crippen LogP contribution in [-0.4, -0.2) is 22.2 Å². The van der Waals surface area contributed by atoms with E-state index in [4.69, 9.17) is 5.26 Å². The maximum absolute atomic E-state index is 14.3. The summed E-state index contributed by atoms with van der Waals surface area (Å²) in [5.41, 5.74) is 1.22. The second-order valence-corrected chi connectivity index (χ2v) is 17.4. The Kier molecular flexibility index (Phi) is 5.59. The fraction of sp³-hybridized carbons (Fsp3) is 0. The molecule has 2 nitrogen and oxygen atoms in total. The Morgan fingerprint density at radius 1 is 0.586 bits per heavy atom. The standard InChI is InChI=1S/C8H4NO.3C6H5.Sn/c9-5-7-1-3-8(6-10)4-2-7;3*1-2-4-6-5-3-1;/h1-4H;3*1-5H;. The summed E-state index contributed by atoms with van der Waals surface area (Å²) in [6.45, 7) is 0. The number of hydrogen-bond donors (Lipinski definition) is 0. The first-order valence-electron chi connectivity index (χ1n) is 9.48. The number of nitrogens with zero attached hydrogens (tertiary/aromatic N) is 1. The molecule has 0 unspecified atom stereocenters. The Morgan fingerprint density at radius 2 is 0.966 bits per heavy atom. The molecule has 0 aliphatic heterocycles. The van der Waals surface area contributed by atoms with E-state index in [1.165, 1.54) is 0 Å². The molecular weight excluding hydrogens is 461 g/mol. The molecule has 0 saturated carbocycles. The first-order chi connectivity index (χ1) is 14.3. The molecule has 0 N–H and O–H groups in total. The van der Waals surface area contributed by atoms with E-state index in [0.717, 1.165) is 10.7 Å². The molecule has 4 aromatic carbocycles. The van der Waals surface area contributed by atoms with Gasteiger partial charge in [0, 0.05) is 0 Å². The molecule has 0 aliphatic rings. The van der Waals surface area contributed by atoms with Gasteiger partial charge in [-0.3, -0.25) is 0 Å². The van der Waals surface area contributed by atoms with E-state index >= 15 is 0 Å². The summed E-state index contributed by atoms with van der Waals surface area (Å²) in [5, 5.41) is 9.14. The number of carbonyl (C=O) groups excluding carboxylic acids is 1. The number of hydrogen-bond acceptors (Lipinski definition) is 2. The molecular formula is C26H19NOSn. The molecule has 0 spiro atoms. The van der Waals surface area contributed by atoms with Crippen molar-refractivity contribution in [2.24, 2.45) is 0 Å². The van der Waals surface area contributed by atoms with Crippen LogP contribution in [0.5, 0.6) is 0 Å². The number of benzene rings is 4. The average Bonchev–Trinajstić information content (AvgIpc) is 2.82. The normalized spacial score (nSPS) is 10.9. The van der Waals surface area contributed by atoms with Gasteiger partial charge < -0.3 is 0 Å². The Bertz CT molecular complexity index is 1050. The van der Waals surface area contributed by atoms with E-state index in [1.807, 2.05) is 54.6 Å². The Hall–Kier alpha value is -3.16. The van der Waals surface area contributed by atoms with Crippen molar-refractivity contribution in [3.63, 3.8) is 0 Å². The topological polar surface area (TPSA) is 40.9 Å². The fourth-order valence-corrected chi connectivity index (χ4v) is 16.6. The molecule has 4 aromatic rings. The summed E-state index contributed by atoms with van der Waals surface area (Å²) in [4.78, 5) is 14.3. The second kappa shape index (κ2) is 8.46. The van der Waals surface area contributed by atoms with Crippen molar-refractivity contribution >= 4 is 32.9 Å². The van der Waals surface area contributed by atoms with Gasteiger partial charge in [-0.05, 0) is 0 Å². The van der Waals surface area contributed by atoms with Gasteiger partial charge in [0.05, 0.1) is 0 Å². The van der Waals surface area contributed by atoms with E-state index < -0.39 is 18.4 Å². The minimum absolute atomic E-state index is 0.187. The van der Waals surface area contributed by atoms with E-state index in [0.29, 0.717) is 11.1 Å². The van der Waals surface area contributed by atoms with Crippen molar-refractivity contribution in [2.45, 2.75) is 0 Å². The molecule has 0 aromatic heterocycles. The molecule has 138 valence electrons. The predicted molar refractivity (Wildman–Crippen MR) is 119 cm³/mol. The third-order valence-electron chi connectivity index (χ3n) is 5.24.